The van der Waals surface area contributed by atoms with Gasteiger partial charge < -0.3 is 4.90 Å². The lowest BCUT2D eigenvalue weighted by Crippen LogP contribution is -2.42. The van der Waals surface area contributed by atoms with Crippen LogP contribution in [-0.2, 0) is 4.79 Å². The zero-order valence-corrected chi connectivity index (χ0v) is 10.6. The first kappa shape index (κ1) is 12.8. The maximum absolute atomic E-state index is 12.2. The number of hydrogen-bond donors (Lipinski definition) is 0. The van der Waals surface area contributed by atoms with Crippen molar-refractivity contribution in [3.8, 4) is 0 Å². The molecule has 0 saturated heterocycles. The lowest BCUT2D eigenvalue weighted by Gasteiger charge is -2.31. The van der Waals surface area contributed by atoms with Gasteiger partial charge in [-0.15, -0.1) is 11.6 Å². The first-order chi connectivity index (χ1) is 7.16. The Morgan fingerprint density at radius 3 is 2.40 bits per heavy atom. The fraction of sp³-hybridized carbons (Fsp3) is 0.917. The molecule has 88 valence electrons. The summed E-state index contributed by atoms with van der Waals surface area (Å²) in [5.74, 6) is 1.13. The van der Waals surface area contributed by atoms with E-state index in [1.54, 1.807) is 0 Å². The molecule has 0 aromatic carbocycles. The minimum absolute atomic E-state index is 0.268. The second-order valence-corrected chi connectivity index (χ2v) is 5.03. The van der Waals surface area contributed by atoms with Crippen molar-refractivity contribution < 1.29 is 4.79 Å². The van der Waals surface area contributed by atoms with Crippen LogP contribution >= 0.6 is 11.6 Å². The highest BCUT2D eigenvalue weighted by molar-refractivity contribution is 6.18. The molecule has 0 aromatic rings. The number of alkyl halides is 1. The molecule has 0 bridgehead atoms. The van der Waals surface area contributed by atoms with Crippen LogP contribution in [-0.4, -0.2) is 29.3 Å². The lowest BCUT2D eigenvalue weighted by molar-refractivity contribution is -0.138. The van der Waals surface area contributed by atoms with E-state index in [9.17, 15) is 4.79 Å². The molecule has 1 fully saturated rings. The number of carbonyl (C=O) groups excluding carboxylic acids is 1. The molecule has 15 heavy (non-hydrogen) atoms. The third-order valence-electron chi connectivity index (χ3n) is 3.19. The van der Waals surface area contributed by atoms with Crippen LogP contribution in [0.5, 0.6) is 0 Å². The molecule has 1 saturated carbocycles. The fourth-order valence-corrected chi connectivity index (χ4v) is 2.48. The van der Waals surface area contributed by atoms with Crippen molar-refractivity contribution in [1.82, 2.24) is 4.90 Å². The fourth-order valence-electron chi connectivity index (χ4n) is 2.30. The average molecular weight is 232 g/mol. The number of rotatable bonds is 4. The molecular weight excluding hydrogens is 210 g/mol. The minimum Gasteiger partial charge on any atom is -0.339 e. The van der Waals surface area contributed by atoms with E-state index in [2.05, 4.69) is 13.8 Å². The van der Waals surface area contributed by atoms with E-state index in [0.29, 0.717) is 18.3 Å². The van der Waals surface area contributed by atoms with Gasteiger partial charge in [-0.05, 0) is 26.7 Å². The summed E-state index contributed by atoms with van der Waals surface area (Å²) in [7, 11) is 0. The van der Waals surface area contributed by atoms with Gasteiger partial charge in [0.15, 0.2) is 0 Å². The van der Waals surface area contributed by atoms with Crippen LogP contribution in [0.3, 0.4) is 0 Å². The van der Waals surface area contributed by atoms with Gasteiger partial charge in [-0.25, -0.2) is 0 Å². The SMILES string of the molecule is CC(C)N(CCCl)C(=O)C1CCCCC1. The van der Waals surface area contributed by atoms with Gasteiger partial charge in [0.1, 0.15) is 0 Å². The molecule has 0 heterocycles. The van der Waals surface area contributed by atoms with Crippen molar-refractivity contribution in [1.29, 1.82) is 0 Å². The molecule has 0 spiro atoms. The van der Waals surface area contributed by atoms with E-state index >= 15 is 0 Å². The summed E-state index contributed by atoms with van der Waals surface area (Å²) in [6.07, 6.45) is 5.86. The van der Waals surface area contributed by atoms with Crippen molar-refractivity contribution in [2.24, 2.45) is 5.92 Å². The second kappa shape index (κ2) is 6.37. The van der Waals surface area contributed by atoms with Crippen LogP contribution in [0, 0.1) is 5.92 Å². The molecule has 0 aromatic heterocycles. The van der Waals surface area contributed by atoms with Crippen molar-refractivity contribution in [2.75, 3.05) is 12.4 Å². The summed E-state index contributed by atoms with van der Waals surface area (Å²) in [4.78, 5) is 14.1. The van der Waals surface area contributed by atoms with E-state index in [4.69, 9.17) is 11.6 Å². The average Bonchev–Trinajstić information content (AvgIpc) is 2.26. The number of hydrogen-bond acceptors (Lipinski definition) is 1. The molecule has 0 unspecified atom stereocenters. The standard InChI is InChI=1S/C12H22ClNO/c1-10(2)14(9-8-13)12(15)11-6-4-3-5-7-11/h10-11H,3-9H2,1-2H3. The Morgan fingerprint density at radius 2 is 1.93 bits per heavy atom. The molecule has 0 aliphatic heterocycles. The first-order valence-electron chi connectivity index (χ1n) is 6.03. The third-order valence-corrected chi connectivity index (χ3v) is 3.36. The molecule has 0 atom stereocenters. The summed E-state index contributed by atoms with van der Waals surface area (Å²) >= 11 is 5.73. The summed E-state index contributed by atoms with van der Waals surface area (Å²) in [5.41, 5.74) is 0. The molecule has 1 rings (SSSR count). The van der Waals surface area contributed by atoms with Gasteiger partial charge >= 0.3 is 0 Å². The third kappa shape index (κ3) is 3.67. The lowest BCUT2D eigenvalue weighted by atomic mass is 9.88. The molecule has 2 nitrogen and oxygen atoms in total. The number of nitrogens with zero attached hydrogens (tertiary/aromatic N) is 1. The van der Waals surface area contributed by atoms with Gasteiger partial charge in [0.2, 0.25) is 5.91 Å². The Labute approximate surface area is 98.0 Å². The van der Waals surface area contributed by atoms with Crippen LogP contribution in [0.4, 0.5) is 0 Å². The molecular formula is C12H22ClNO. The maximum atomic E-state index is 12.2. The van der Waals surface area contributed by atoms with Crippen LogP contribution in [0.15, 0.2) is 0 Å². The van der Waals surface area contributed by atoms with Crippen molar-refractivity contribution >= 4 is 17.5 Å². The highest BCUT2D eigenvalue weighted by Gasteiger charge is 2.26. The monoisotopic (exact) mass is 231 g/mol. The predicted molar refractivity (Wildman–Crippen MR) is 64.1 cm³/mol. The van der Waals surface area contributed by atoms with E-state index in [-0.39, 0.29) is 12.0 Å². The topological polar surface area (TPSA) is 20.3 Å². The highest BCUT2D eigenvalue weighted by Crippen LogP contribution is 2.26. The van der Waals surface area contributed by atoms with E-state index in [1.165, 1.54) is 19.3 Å². The van der Waals surface area contributed by atoms with Gasteiger partial charge in [0.25, 0.3) is 0 Å². The molecule has 1 amide bonds. The van der Waals surface area contributed by atoms with Gasteiger partial charge in [-0.3, -0.25) is 4.79 Å². The Hall–Kier alpha value is -0.240. The predicted octanol–water partition coefficient (Wildman–Crippen LogP) is 3.04. The number of amides is 1. The molecule has 3 heteroatoms. The smallest absolute Gasteiger partial charge is 0.225 e. The zero-order chi connectivity index (χ0) is 11.3. The van der Waals surface area contributed by atoms with Crippen molar-refractivity contribution in [3.63, 3.8) is 0 Å². The highest BCUT2D eigenvalue weighted by atomic mass is 35.5. The van der Waals surface area contributed by atoms with E-state index in [1.807, 2.05) is 4.90 Å². The van der Waals surface area contributed by atoms with Crippen LogP contribution in [0.2, 0.25) is 0 Å². The van der Waals surface area contributed by atoms with E-state index in [0.717, 1.165) is 12.8 Å². The largest absolute Gasteiger partial charge is 0.339 e. The van der Waals surface area contributed by atoms with Gasteiger partial charge in [0, 0.05) is 24.4 Å². The minimum atomic E-state index is 0.268. The van der Waals surface area contributed by atoms with Crippen molar-refractivity contribution in [2.45, 2.75) is 52.0 Å². The van der Waals surface area contributed by atoms with Crippen LogP contribution < -0.4 is 0 Å². The van der Waals surface area contributed by atoms with Crippen molar-refractivity contribution in [3.05, 3.63) is 0 Å². The summed E-state index contributed by atoms with van der Waals surface area (Å²) in [6.45, 7) is 4.81. The van der Waals surface area contributed by atoms with Gasteiger partial charge in [-0.2, -0.15) is 0 Å². The molecule has 1 aliphatic rings. The molecule has 0 radical (unpaired) electrons. The summed E-state index contributed by atoms with van der Waals surface area (Å²) < 4.78 is 0. The molecule has 0 N–H and O–H groups in total. The first-order valence-corrected chi connectivity index (χ1v) is 6.56. The van der Waals surface area contributed by atoms with E-state index < -0.39 is 0 Å². The Morgan fingerprint density at radius 1 is 1.33 bits per heavy atom. The van der Waals surface area contributed by atoms with Gasteiger partial charge in [0.05, 0.1) is 0 Å². The second-order valence-electron chi connectivity index (χ2n) is 4.65. The van der Waals surface area contributed by atoms with Gasteiger partial charge in [-0.1, -0.05) is 19.3 Å². The maximum Gasteiger partial charge on any atom is 0.225 e. The summed E-state index contributed by atoms with van der Waals surface area (Å²) in [6, 6.07) is 0.276. The normalized spacial score (nSPS) is 18.1. The molecule has 1 aliphatic carbocycles. The van der Waals surface area contributed by atoms with Crippen LogP contribution in [0.25, 0.3) is 0 Å². The summed E-state index contributed by atoms with van der Waals surface area (Å²) in [5, 5.41) is 0. The number of carbonyl (C=O) groups is 1. The zero-order valence-electron chi connectivity index (χ0n) is 9.84. The Balaban J connectivity index is 2.53. The Kier molecular flexibility index (Phi) is 5.44. The number of halogens is 1. The van der Waals surface area contributed by atoms with Crippen LogP contribution in [0.1, 0.15) is 46.0 Å². The quantitative estimate of drug-likeness (QED) is 0.681. The Bertz CT molecular complexity index is 200.